The molecule has 106 valence electrons. The number of hydrogen-bond acceptors (Lipinski definition) is 3. The number of nitrogens with one attached hydrogen (secondary N) is 2. The number of rotatable bonds is 9. The Labute approximate surface area is 113 Å². The molecule has 0 saturated carbocycles. The molecule has 0 aliphatic carbocycles. The number of carbonyl (C=O) groups is 2. The molecule has 0 radical (unpaired) electrons. The molecule has 18 heavy (non-hydrogen) atoms. The molecule has 0 aromatic heterocycles. The quantitative estimate of drug-likeness (QED) is 0.602. The van der Waals surface area contributed by atoms with Crippen LogP contribution in [0, 0.1) is 0 Å². The van der Waals surface area contributed by atoms with Gasteiger partial charge in [0.2, 0.25) is 0 Å². The van der Waals surface area contributed by atoms with Crippen LogP contribution in [0.3, 0.4) is 0 Å². The fourth-order valence-electron chi connectivity index (χ4n) is 1.43. The number of unbranched alkanes of at least 4 members (excludes halogenated alkanes) is 1. The summed E-state index contributed by atoms with van der Waals surface area (Å²) in [7, 11) is 0. The van der Waals surface area contributed by atoms with Gasteiger partial charge in [-0.2, -0.15) is 11.8 Å². The zero-order valence-corrected chi connectivity index (χ0v) is 12.2. The molecule has 3 N–H and O–H groups in total. The predicted octanol–water partition coefficient (Wildman–Crippen LogP) is 2.07. The largest absolute Gasteiger partial charge is 0.480 e. The summed E-state index contributed by atoms with van der Waals surface area (Å²) in [5, 5.41) is 14.2. The fourth-order valence-corrected chi connectivity index (χ4v) is 2.10. The van der Waals surface area contributed by atoms with Crippen molar-refractivity contribution in [1.82, 2.24) is 10.6 Å². The van der Waals surface area contributed by atoms with Crippen LogP contribution in [0.15, 0.2) is 0 Å². The second-order valence-corrected chi connectivity index (χ2v) is 5.53. The number of carboxylic acids is 1. The van der Waals surface area contributed by atoms with Crippen LogP contribution < -0.4 is 10.6 Å². The summed E-state index contributed by atoms with van der Waals surface area (Å²) in [6.07, 6.45) is 2.17. The molecule has 0 aromatic rings. The van der Waals surface area contributed by atoms with Crippen molar-refractivity contribution in [2.75, 3.05) is 11.5 Å². The van der Waals surface area contributed by atoms with E-state index in [0.717, 1.165) is 24.3 Å². The van der Waals surface area contributed by atoms with Gasteiger partial charge in [0.05, 0.1) is 0 Å². The van der Waals surface area contributed by atoms with Crippen LogP contribution in [0.2, 0.25) is 0 Å². The first kappa shape index (κ1) is 17.1. The van der Waals surface area contributed by atoms with Crippen LogP contribution in [-0.2, 0) is 4.79 Å². The Bertz CT molecular complexity index is 262. The molecule has 0 rings (SSSR count). The van der Waals surface area contributed by atoms with Gasteiger partial charge in [0.25, 0.3) is 0 Å². The first-order valence-electron chi connectivity index (χ1n) is 6.38. The van der Waals surface area contributed by atoms with E-state index in [1.165, 1.54) is 0 Å². The number of amides is 2. The van der Waals surface area contributed by atoms with E-state index in [2.05, 4.69) is 17.6 Å². The topological polar surface area (TPSA) is 78.4 Å². The Morgan fingerprint density at radius 2 is 1.94 bits per heavy atom. The van der Waals surface area contributed by atoms with Gasteiger partial charge in [-0.3, -0.25) is 0 Å². The van der Waals surface area contributed by atoms with Gasteiger partial charge in [0, 0.05) is 11.8 Å². The third-order valence-corrected chi connectivity index (χ3v) is 3.54. The lowest BCUT2D eigenvalue weighted by Gasteiger charge is -2.18. The number of carbonyl (C=O) groups excluding carboxylic acids is 1. The second kappa shape index (κ2) is 10.1. The molecule has 6 heteroatoms. The zero-order chi connectivity index (χ0) is 14.0. The highest BCUT2D eigenvalue weighted by molar-refractivity contribution is 7.99. The summed E-state index contributed by atoms with van der Waals surface area (Å²) in [4.78, 5) is 22.6. The van der Waals surface area contributed by atoms with Gasteiger partial charge in [0.15, 0.2) is 0 Å². The van der Waals surface area contributed by atoms with Gasteiger partial charge in [-0.25, -0.2) is 9.59 Å². The minimum atomic E-state index is -0.978. The summed E-state index contributed by atoms with van der Waals surface area (Å²) >= 11 is 1.74. The van der Waals surface area contributed by atoms with E-state index in [9.17, 15) is 9.59 Å². The summed E-state index contributed by atoms with van der Waals surface area (Å²) in [6.45, 7) is 5.95. The van der Waals surface area contributed by atoms with E-state index in [0.29, 0.717) is 6.42 Å². The van der Waals surface area contributed by atoms with Crippen molar-refractivity contribution < 1.29 is 14.7 Å². The van der Waals surface area contributed by atoms with Crippen molar-refractivity contribution in [2.24, 2.45) is 0 Å². The maximum absolute atomic E-state index is 11.6. The SMILES string of the molecule is CCCCC(NC(=O)NC(C)CSCC)C(=O)O. The number of hydrogen-bond donors (Lipinski definition) is 3. The van der Waals surface area contributed by atoms with Crippen LogP contribution in [0.25, 0.3) is 0 Å². The molecule has 0 aliphatic heterocycles. The summed E-state index contributed by atoms with van der Waals surface area (Å²) in [6, 6.07) is -1.16. The molecule has 0 bridgehead atoms. The van der Waals surface area contributed by atoms with Crippen molar-refractivity contribution in [1.29, 1.82) is 0 Å². The lowest BCUT2D eigenvalue weighted by atomic mass is 10.1. The standard InChI is InChI=1S/C12H24N2O3S/c1-4-6-7-10(11(15)16)14-12(17)13-9(3)8-18-5-2/h9-10H,4-8H2,1-3H3,(H,15,16)(H2,13,14,17). The van der Waals surface area contributed by atoms with Gasteiger partial charge in [-0.1, -0.05) is 26.7 Å². The average molecular weight is 276 g/mol. The lowest BCUT2D eigenvalue weighted by Crippen LogP contribution is -2.48. The van der Waals surface area contributed by atoms with E-state index < -0.39 is 18.0 Å². The zero-order valence-electron chi connectivity index (χ0n) is 11.4. The van der Waals surface area contributed by atoms with Crippen LogP contribution in [0.5, 0.6) is 0 Å². The molecule has 2 unspecified atom stereocenters. The van der Waals surface area contributed by atoms with E-state index in [-0.39, 0.29) is 6.04 Å². The molecule has 0 saturated heterocycles. The van der Waals surface area contributed by atoms with Crippen molar-refractivity contribution in [2.45, 2.75) is 52.1 Å². The van der Waals surface area contributed by atoms with E-state index in [1.807, 2.05) is 13.8 Å². The number of thioether (sulfide) groups is 1. The smallest absolute Gasteiger partial charge is 0.326 e. The van der Waals surface area contributed by atoms with E-state index in [1.54, 1.807) is 11.8 Å². The van der Waals surface area contributed by atoms with E-state index in [4.69, 9.17) is 5.11 Å². The molecule has 0 aliphatic rings. The number of carboxylic acid groups (broad SMARTS) is 1. The van der Waals surface area contributed by atoms with Crippen LogP contribution in [0.1, 0.15) is 40.0 Å². The maximum atomic E-state index is 11.6. The molecule has 2 amide bonds. The third kappa shape index (κ3) is 8.22. The first-order chi connectivity index (χ1) is 8.51. The highest BCUT2D eigenvalue weighted by Crippen LogP contribution is 2.03. The lowest BCUT2D eigenvalue weighted by molar-refractivity contribution is -0.139. The van der Waals surface area contributed by atoms with Gasteiger partial charge in [0.1, 0.15) is 6.04 Å². The highest BCUT2D eigenvalue weighted by Gasteiger charge is 2.19. The molecular weight excluding hydrogens is 252 g/mol. The monoisotopic (exact) mass is 276 g/mol. The van der Waals surface area contributed by atoms with Crippen molar-refractivity contribution in [3.8, 4) is 0 Å². The van der Waals surface area contributed by atoms with Gasteiger partial charge < -0.3 is 15.7 Å². The summed E-state index contributed by atoms with van der Waals surface area (Å²) in [5.74, 6) is 0.854. The van der Waals surface area contributed by atoms with Crippen molar-refractivity contribution in [3.63, 3.8) is 0 Å². The van der Waals surface area contributed by atoms with Crippen LogP contribution >= 0.6 is 11.8 Å². The molecule has 0 spiro atoms. The van der Waals surface area contributed by atoms with Crippen LogP contribution in [0.4, 0.5) is 4.79 Å². The Hall–Kier alpha value is -0.910. The predicted molar refractivity (Wildman–Crippen MR) is 75.1 cm³/mol. The molecule has 0 fully saturated rings. The Morgan fingerprint density at radius 3 is 2.44 bits per heavy atom. The van der Waals surface area contributed by atoms with Gasteiger partial charge in [-0.05, 0) is 19.1 Å². The third-order valence-electron chi connectivity index (χ3n) is 2.40. The molecule has 0 aromatic carbocycles. The average Bonchev–Trinajstić information content (AvgIpc) is 2.31. The Morgan fingerprint density at radius 1 is 1.28 bits per heavy atom. The molecule has 2 atom stereocenters. The minimum absolute atomic E-state index is 0.0376. The second-order valence-electron chi connectivity index (χ2n) is 4.21. The van der Waals surface area contributed by atoms with Crippen molar-refractivity contribution >= 4 is 23.8 Å². The van der Waals surface area contributed by atoms with Crippen molar-refractivity contribution in [3.05, 3.63) is 0 Å². The normalized spacial score (nSPS) is 13.7. The van der Waals surface area contributed by atoms with E-state index >= 15 is 0 Å². The number of aliphatic carboxylic acids is 1. The fraction of sp³-hybridized carbons (Fsp3) is 0.833. The maximum Gasteiger partial charge on any atom is 0.326 e. The summed E-state index contributed by atoms with van der Waals surface area (Å²) in [5.41, 5.74) is 0. The Balaban J connectivity index is 4.04. The minimum Gasteiger partial charge on any atom is -0.480 e. The van der Waals surface area contributed by atoms with Gasteiger partial charge in [-0.15, -0.1) is 0 Å². The number of urea groups is 1. The van der Waals surface area contributed by atoms with Gasteiger partial charge >= 0.3 is 12.0 Å². The molecule has 0 heterocycles. The first-order valence-corrected chi connectivity index (χ1v) is 7.54. The molecule has 5 nitrogen and oxygen atoms in total. The molecular formula is C12H24N2O3S. The van der Waals surface area contributed by atoms with Crippen LogP contribution in [-0.4, -0.2) is 40.7 Å². The Kier molecular flexibility index (Phi) is 9.55. The highest BCUT2D eigenvalue weighted by atomic mass is 32.2. The summed E-state index contributed by atoms with van der Waals surface area (Å²) < 4.78 is 0.